The Balaban J connectivity index is 1.69. The van der Waals surface area contributed by atoms with Crippen LogP contribution >= 0.6 is 0 Å². The maximum Gasteiger partial charge on any atom is 0.410 e. The quantitative estimate of drug-likeness (QED) is 0.852. The van der Waals surface area contributed by atoms with E-state index in [1.54, 1.807) is 23.5 Å². The van der Waals surface area contributed by atoms with Crippen molar-refractivity contribution in [2.45, 2.75) is 39.4 Å². The monoisotopic (exact) mass is 293 g/mol. The molecule has 0 aromatic carbocycles. The predicted molar refractivity (Wildman–Crippen MR) is 77.6 cm³/mol. The van der Waals surface area contributed by atoms with Gasteiger partial charge in [0.1, 0.15) is 5.60 Å². The van der Waals surface area contributed by atoms with E-state index in [1.165, 1.54) is 0 Å². The van der Waals surface area contributed by atoms with Crippen molar-refractivity contribution in [1.29, 1.82) is 0 Å². The van der Waals surface area contributed by atoms with Gasteiger partial charge in [-0.15, -0.1) is 0 Å². The minimum Gasteiger partial charge on any atom is -0.444 e. The Kier molecular flexibility index (Phi) is 5.12. The fourth-order valence-corrected chi connectivity index (χ4v) is 2.20. The molecule has 1 aromatic rings. The van der Waals surface area contributed by atoms with Crippen LogP contribution in [0.15, 0.2) is 18.6 Å². The second-order valence-corrected chi connectivity index (χ2v) is 6.29. The molecule has 6 heteroatoms. The Morgan fingerprint density at radius 3 is 2.90 bits per heavy atom. The number of amides is 1. The first-order valence-electron chi connectivity index (χ1n) is 7.24. The highest BCUT2D eigenvalue weighted by molar-refractivity contribution is 5.68. The molecule has 0 N–H and O–H groups in total. The van der Waals surface area contributed by atoms with Crippen molar-refractivity contribution in [3.8, 4) is 0 Å². The number of carbonyl (C=O) groups excluding carboxylic acids is 1. The molecule has 1 fully saturated rings. The number of aromatic nitrogens is 2. The normalized spacial score (nSPS) is 18.8. The van der Waals surface area contributed by atoms with Crippen molar-refractivity contribution >= 4 is 6.09 Å². The summed E-state index contributed by atoms with van der Waals surface area (Å²) in [5, 5.41) is 0. The van der Waals surface area contributed by atoms with Crippen LogP contribution in [0.4, 0.5) is 4.79 Å². The summed E-state index contributed by atoms with van der Waals surface area (Å²) in [4.78, 5) is 21.8. The van der Waals surface area contributed by atoms with E-state index < -0.39 is 5.60 Å². The molecule has 21 heavy (non-hydrogen) atoms. The highest BCUT2D eigenvalue weighted by Crippen LogP contribution is 2.20. The molecule has 1 saturated heterocycles. The van der Waals surface area contributed by atoms with Crippen LogP contribution in [0.1, 0.15) is 32.9 Å². The third-order valence-corrected chi connectivity index (χ3v) is 3.16. The molecule has 0 unspecified atom stereocenters. The number of rotatable bonds is 4. The van der Waals surface area contributed by atoms with Crippen LogP contribution in [-0.2, 0) is 16.1 Å². The zero-order chi connectivity index (χ0) is 15.3. The van der Waals surface area contributed by atoms with Crippen molar-refractivity contribution in [3.05, 3.63) is 24.3 Å². The summed E-state index contributed by atoms with van der Waals surface area (Å²) in [6.45, 7) is 8.13. The molecule has 116 valence electrons. The third-order valence-electron chi connectivity index (χ3n) is 3.16. The average Bonchev–Trinajstić information content (AvgIpc) is 2.87. The first-order chi connectivity index (χ1) is 9.94. The van der Waals surface area contributed by atoms with Crippen molar-refractivity contribution in [1.82, 2.24) is 14.9 Å². The van der Waals surface area contributed by atoms with Crippen LogP contribution in [0, 0.1) is 5.92 Å². The molecule has 1 amide bonds. The highest BCUT2D eigenvalue weighted by atomic mass is 16.6. The molecule has 0 bridgehead atoms. The van der Waals surface area contributed by atoms with Gasteiger partial charge in [0.25, 0.3) is 0 Å². The second kappa shape index (κ2) is 6.85. The topological polar surface area (TPSA) is 64.5 Å². The lowest BCUT2D eigenvalue weighted by Gasteiger charge is -2.24. The van der Waals surface area contributed by atoms with Gasteiger partial charge in [0, 0.05) is 31.4 Å². The van der Waals surface area contributed by atoms with E-state index in [4.69, 9.17) is 9.47 Å². The number of ether oxygens (including phenoxy) is 2. The largest absolute Gasteiger partial charge is 0.444 e. The summed E-state index contributed by atoms with van der Waals surface area (Å²) in [5.74, 6) is 0.356. The molecule has 6 nitrogen and oxygen atoms in total. The Morgan fingerprint density at radius 1 is 1.43 bits per heavy atom. The molecule has 0 spiro atoms. The van der Waals surface area contributed by atoms with Gasteiger partial charge in [-0.2, -0.15) is 0 Å². The third kappa shape index (κ3) is 5.30. The van der Waals surface area contributed by atoms with E-state index in [0.29, 0.717) is 25.7 Å². The lowest BCUT2D eigenvalue weighted by Crippen LogP contribution is -2.35. The van der Waals surface area contributed by atoms with Gasteiger partial charge in [0.15, 0.2) is 0 Å². The second-order valence-electron chi connectivity index (χ2n) is 6.29. The van der Waals surface area contributed by atoms with Gasteiger partial charge < -0.3 is 14.4 Å². The minimum atomic E-state index is -0.447. The van der Waals surface area contributed by atoms with Gasteiger partial charge >= 0.3 is 6.09 Å². The first-order valence-corrected chi connectivity index (χ1v) is 7.24. The van der Waals surface area contributed by atoms with Gasteiger partial charge in [0.2, 0.25) is 0 Å². The standard InChI is InChI=1S/C15H23N3O3/c1-15(2,3)21-14(19)18-7-4-12(9-18)10-20-11-13-8-16-5-6-17-13/h5-6,8,12H,4,7,9-11H2,1-3H3/t12-/m1/s1. The van der Waals surface area contributed by atoms with E-state index in [2.05, 4.69) is 9.97 Å². The van der Waals surface area contributed by atoms with Gasteiger partial charge in [-0.1, -0.05) is 0 Å². The fraction of sp³-hybridized carbons (Fsp3) is 0.667. The number of hydrogen-bond acceptors (Lipinski definition) is 5. The van der Waals surface area contributed by atoms with Crippen LogP contribution < -0.4 is 0 Å². The van der Waals surface area contributed by atoms with E-state index >= 15 is 0 Å². The Bertz CT molecular complexity index is 459. The first kappa shape index (κ1) is 15.7. The van der Waals surface area contributed by atoms with Crippen LogP contribution in [-0.4, -0.2) is 46.3 Å². The molecule has 1 aliphatic rings. The van der Waals surface area contributed by atoms with Crippen molar-refractivity contribution in [3.63, 3.8) is 0 Å². The smallest absolute Gasteiger partial charge is 0.410 e. The molecule has 2 rings (SSSR count). The molecule has 0 saturated carbocycles. The number of carbonyl (C=O) groups is 1. The van der Waals surface area contributed by atoms with Crippen LogP contribution in [0.5, 0.6) is 0 Å². The van der Waals surface area contributed by atoms with E-state index in [1.807, 2.05) is 20.8 Å². The molecular formula is C15H23N3O3. The number of hydrogen-bond donors (Lipinski definition) is 0. The summed E-state index contributed by atoms with van der Waals surface area (Å²) in [5.41, 5.74) is 0.372. The van der Waals surface area contributed by atoms with E-state index in [0.717, 1.165) is 18.7 Å². The highest BCUT2D eigenvalue weighted by Gasteiger charge is 2.29. The summed E-state index contributed by atoms with van der Waals surface area (Å²) in [6, 6.07) is 0. The zero-order valence-electron chi connectivity index (χ0n) is 12.9. The summed E-state index contributed by atoms with van der Waals surface area (Å²) in [7, 11) is 0. The summed E-state index contributed by atoms with van der Waals surface area (Å²) >= 11 is 0. The van der Waals surface area contributed by atoms with E-state index in [9.17, 15) is 4.79 Å². The molecule has 0 radical (unpaired) electrons. The number of nitrogens with zero attached hydrogens (tertiary/aromatic N) is 3. The Morgan fingerprint density at radius 2 is 2.24 bits per heavy atom. The minimum absolute atomic E-state index is 0.237. The maximum atomic E-state index is 11.9. The molecule has 0 aliphatic carbocycles. The fourth-order valence-electron chi connectivity index (χ4n) is 2.20. The van der Waals surface area contributed by atoms with Crippen LogP contribution in [0.25, 0.3) is 0 Å². The lowest BCUT2D eigenvalue weighted by molar-refractivity contribution is 0.0270. The molecule has 2 heterocycles. The summed E-state index contributed by atoms with van der Waals surface area (Å²) < 4.78 is 11.0. The van der Waals surface area contributed by atoms with E-state index in [-0.39, 0.29) is 6.09 Å². The van der Waals surface area contributed by atoms with Gasteiger partial charge in [-0.05, 0) is 27.2 Å². The van der Waals surface area contributed by atoms with Gasteiger partial charge in [0.05, 0.1) is 25.1 Å². The number of likely N-dealkylation sites (tertiary alicyclic amines) is 1. The van der Waals surface area contributed by atoms with Crippen LogP contribution in [0.3, 0.4) is 0 Å². The van der Waals surface area contributed by atoms with Gasteiger partial charge in [-0.25, -0.2) is 4.79 Å². The molecule has 1 aromatic heterocycles. The molecular weight excluding hydrogens is 270 g/mol. The van der Waals surface area contributed by atoms with Crippen molar-refractivity contribution in [2.75, 3.05) is 19.7 Å². The lowest BCUT2D eigenvalue weighted by atomic mass is 10.1. The van der Waals surface area contributed by atoms with Crippen molar-refractivity contribution < 1.29 is 14.3 Å². The zero-order valence-corrected chi connectivity index (χ0v) is 12.9. The molecule has 1 atom stereocenters. The maximum absolute atomic E-state index is 11.9. The Hall–Kier alpha value is -1.69. The van der Waals surface area contributed by atoms with Crippen LogP contribution in [0.2, 0.25) is 0 Å². The SMILES string of the molecule is CC(C)(C)OC(=O)N1CC[C@@H](COCc2cnccn2)C1. The molecule has 1 aliphatic heterocycles. The summed E-state index contributed by atoms with van der Waals surface area (Å²) in [6.07, 6.45) is 5.69. The average molecular weight is 293 g/mol. The van der Waals surface area contributed by atoms with Crippen molar-refractivity contribution in [2.24, 2.45) is 5.92 Å². The predicted octanol–water partition coefficient (Wildman–Crippen LogP) is 2.25. The van der Waals surface area contributed by atoms with Gasteiger partial charge in [-0.3, -0.25) is 9.97 Å². The Labute approximate surface area is 125 Å².